The number of aromatic nitrogens is 2. The number of hydrogen-bond donors (Lipinski definition) is 2. The fourth-order valence-corrected chi connectivity index (χ4v) is 4.77. The number of urea groups is 1. The van der Waals surface area contributed by atoms with E-state index >= 15 is 0 Å². The van der Waals surface area contributed by atoms with Crippen molar-refractivity contribution in [2.75, 3.05) is 51.9 Å². The Kier molecular flexibility index (Phi) is 9.67. The van der Waals surface area contributed by atoms with Crippen molar-refractivity contribution >= 4 is 17.8 Å². The number of anilines is 1. The van der Waals surface area contributed by atoms with Crippen LogP contribution in [0.5, 0.6) is 5.88 Å². The molecule has 0 aliphatic carbocycles. The lowest BCUT2D eigenvalue weighted by Gasteiger charge is -2.21. The zero-order valence-corrected chi connectivity index (χ0v) is 22.7. The van der Waals surface area contributed by atoms with Gasteiger partial charge in [-0.3, -0.25) is 10.2 Å². The normalized spacial score (nSPS) is 17.0. The first-order chi connectivity index (χ1) is 19.3. The maximum absolute atomic E-state index is 14.1. The minimum Gasteiger partial charge on any atom is -0.476 e. The summed E-state index contributed by atoms with van der Waals surface area (Å²) in [5, 5.41) is 10.1. The summed E-state index contributed by atoms with van der Waals surface area (Å²) >= 11 is 0. The number of ether oxygens (including phenoxy) is 3. The number of amides is 2. The van der Waals surface area contributed by atoms with Crippen molar-refractivity contribution < 1.29 is 32.6 Å². The van der Waals surface area contributed by atoms with E-state index in [0.29, 0.717) is 37.5 Å². The van der Waals surface area contributed by atoms with Crippen LogP contribution in [0.3, 0.4) is 0 Å². The largest absolute Gasteiger partial charge is 0.476 e. The van der Waals surface area contributed by atoms with Gasteiger partial charge in [0.05, 0.1) is 31.5 Å². The number of nitrogens with zero attached hydrogens (tertiary/aromatic N) is 3. The topological polar surface area (TPSA) is 107 Å². The number of para-hydroxylation sites is 1. The van der Waals surface area contributed by atoms with Gasteiger partial charge in [-0.1, -0.05) is 18.2 Å². The van der Waals surface area contributed by atoms with Crippen LogP contribution in [-0.2, 0) is 9.47 Å². The Balaban J connectivity index is 1.65. The lowest BCUT2D eigenvalue weighted by atomic mass is 9.94. The predicted octanol–water partition coefficient (Wildman–Crippen LogP) is 3.96. The summed E-state index contributed by atoms with van der Waals surface area (Å²) in [6, 6.07) is 11.2. The smallest absolute Gasteiger partial charge is 0.347 e. The monoisotopic (exact) mass is 557 g/mol. The molecule has 1 fully saturated rings. The summed E-state index contributed by atoms with van der Waals surface area (Å²) in [4.78, 5) is 28.4. The molecule has 2 atom stereocenters. The molecular weight excluding hydrogens is 524 g/mol. The maximum Gasteiger partial charge on any atom is 0.347 e. The van der Waals surface area contributed by atoms with Gasteiger partial charge in [0.2, 0.25) is 5.88 Å². The molecule has 1 saturated heterocycles. The van der Waals surface area contributed by atoms with E-state index in [2.05, 4.69) is 15.7 Å². The third-order valence-corrected chi connectivity index (χ3v) is 6.48. The number of benzene rings is 2. The van der Waals surface area contributed by atoms with Gasteiger partial charge >= 0.3 is 12.0 Å². The van der Waals surface area contributed by atoms with Gasteiger partial charge in [0.25, 0.3) is 0 Å². The van der Waals surface area contributed by atoms with Gasteiger partial charge in [-0.15, -0.1) is 5.10 Å². The van der Waals surface area contributed by atoms with E-state index in [0.717, 1.165) is 6.07 Å². The second-order valence-electron chi connectivity index (χ2n) is 9.20. The number of nitrogens with one attached hydrogen (secondary N) is 2. The average Bonchev–Trinajstić information content (AvgIpc) is 3.48. The Morgan fingerprint density at radius 2 is 1.77 bits per heavy atom. The Morgan fingerprint density at radius 3 is 2.42 bits per heavy atom. The molecule has 2 N–H and O–H groups in total. The number of rotatable bonds is 11. The summed E-state index contributed by atoms with van der Waals surface area (Å²) in [6.45, 7) is 5.69. The second kappa shape index (κ2) is 13.4. The van der Waals surface area contributed by atoms with Crippen molar-refractivity contribution in [2.45, 2.75) is 25.8 Å². The van der Waals surface area contributed by atoms with E-state index in [1.807, 2.05) is 11.0 Å². The van der Waals surface area contributed by atoms with E-state index in [9.17, 15) is 18.4 Å². The average molecular weight is 558 g/mol. The summed E-state index contributed by atoms with van der Waals surface area (Å²) < 4.78 is 45.6. The van der Waals surface area contributed by atoms with Crippen LogP contribution in [0.15, 0.2) is 48.5 Å². The van der Waals surface area contributed by atoms with Gasteiger partial charge in [-0.2, -0.15) is 0 Å². The third-order valence-electron chi connectivity index (χ3n) is 6.48. The number of carbonyl (C=O) groups is 2. The first-order valence-electron chi connectivity index (χ1n) is 13.1. The van der Waals surface area contributed by atoms with Crippen LogP contribution in [-0.4, -0.2) is 79.3 Å². The standard InChI is InChI=1S/C28H33F2N5O5/c1-4-39-26-24(27(36)40-5-2)25(35(33-26)21-9-7-6-8-10-21)32-28(37)31-23-17-34(11-12-38-3)16-22(23)18-13-19(29)15-20(30)14-18/h6-10,13-15,22-23H,4-5,11-12,16-17H2,1-3H3,(H2,31,32,37)/t22-,23+/m0/s1. The van der Waals surface area contributed by atoms with Crippen LogP contribution >= 0.6 is 0 Å². The first-order valence-corrected chi connectivity index (χ1v) is 13.1. The highest BCUT2D eigenvalue weighted by molar-refractivity contribution is 6.02. The number of methoxy groups -OCH3 is 1. The van der Waals surface area contributed by atoms with Crippen LogP contribution in [0.4, 0.5) is 19.4 Å². The Morgan fingerprint density at radius 1 is 1.05 bits per heavy atom. The fraction of sp³-hybridized carbons (Fsp3) is 0.393. The molecular formula is C28H33F2N5O5. The molecule has 0 spiro atoms. The maximum atomic E-state index is 14.1. The van der Waals surface area contributed by atoms with E-state index in [1.165, 1.54) is 16.8 Å². The third kappa shape index (κ3) is 6.75. The van der Waals surface area contributed by atoms with Crippen molar-refractivity contribution in [3.05, 3.63) is 71.3 Å². The van der Waals surface area contributed by atoms with Crippen LogP contribution < -0.4 is 15.4 Å². The molecule has 1 aliphatic rings. The molecule has 2 aromatic carbocycles. The Hall–Kier alpha value is -4.03. The SMILES string of the molecule is CCOC(=O)c1c(OCC)nn(-c2ccccc2)c1NC(=O)N[C@@H]1CN(CCOC)C[C@H]1c1cc(F)cc(F)c1. The molecule has 0 bridgehead atoms. The number of likely N-dealkylation sites (tertiary alicyclic amines) is 1. The molecule has 0 radical (unpaired) electrons. The van der Waals surface area contributed by atoms with Gasteiger partial charge in [0.1, 0.15) is 11.6 Å². The summed E-state index contributed by atoms with van der Waals surface area (Å²) in [6.07, 6.45) is 0. The number of esters is 1. The van der Waals surface area contributed by atoms with Gasteiger partial charge in [0.15, 0.2) is 11.4 Å². The molecule has 1 aliphatic heterocycles. The lowest BCUT2D eigenvalue weighted by molar-refractivity contribution is 0.0523. The Labute approximate surface area is 231 Å². The van der Waals surface area contributed by atoms with E-state index in [1.54, 1.807) is 45.2 Å². The van der Waals surface area contributed by atoms with Crippen LogP contribution in [0.1, 0.15) is 35.7 Å². The molecule has 2 heterocycles. The van der Waals surface area contributed by atoms with Gasteiger partial charge in [-0.05, 0) is 43.7 Å². The first kappa shape index (κ1) is 29.0. The van der Waals surface area contributed by atoms with Crippen molar-refractivity contribution in [3.63, 3.8) is 0 Å². The van der Waals surface area contributed by atoms with Gasteiger partial charge in [0, 0.05) is 38.7 Å². The highest BCUT2D eigenvalue weighted by Crippen LogP contribution is 2.32. The molecule has 2 amide bonds. The molecule has 10 nitrogen and oxygen atoms in total. The van der Waals surface area contributed by atoms with Crippen LogP contribution in [0.2, 0.25) is 0 Å². The summed E-state index contributed by atoms with van der Waals surface area (Å²) in [5.41, 5.74) is 0.983. The van der Waals surface area contributed by atoms with E-state index in [4.69, 9.17) is 14.2 Å². The highest BCUT2D eigenvalue weighted by Gasteiger charge is 2.36. The fourth-order valence-electron chi connectivity index (χ4n) is 4.77. The minimum atomic E-state index is -0.705. The number of hydrogen-bond acceptors (Lipinski definition) is 7. The van der Waals surface area contributed by atoms with Crippen molar-refractivity contribution in [3.8, 4) is 11.6 Å². The number of carbonyl (C=O) groups excluding carboxylic acids is 2. The van der Waals surface area contributed by atoms with Gasteiger partial charge < -0.3 is 19.5 Å². The summed E-state index contributed by atoms with van der Waals surface area (Å²) in [5.74, 6) is -2.41. The minimum absolute atomic E-state index is 0.0137. The lowest BCUT2D eigenvalue weighted by Crippen LogP contribution is -2.42. The Bertz CT molecular complexity index is 1300. The van der Waals surface area contributed by atoms with Crippen molar-refractivity contribution in [2.24, 2.45) is 0 Å². The van der Waals surface area contributed by atoms with Crippen LogP contribution in [0, 0.1) is 11.6 Å². The molecule has 40 heavy (non-hydrogen) atoms. The molecule has 12 heteroatoms. The van der Waals surface area contributed by atoms with E-state index in [-0.39, 0.29) is 30.5 Å². The number of halogens is 2. The highest BCUT2D eigenvalue weighted by atomic mass is 19.1. The molecule has 3 aromatic rings. The zero-order chi connectivity index (χ0) is 28.6. The molecule has 0 unspecified atom stereocenters. The zero-order valence-electron chi connectivity index (χ0n) is 22.7. The predicted molar refractivity (Wildman–Crippen MR) is 144 cm³/mol. The van der Waals surface area contributed by atoms with Gasteiger partial charge in [-0.25, -0.2) is 23.1 Å². The molecule has 0 saturated carbocycles. The summed E-state index contributed by atoms with van der Waals surface area (Å²) in [7, 11) is 1.59. The second-order valence-corrected chi connectivity index (χ2v) is 9.20. The van der Waals surface area contributed by atoms with E-state index < -0.39 is 35.6 Å². The van der Waals surface area contributed by atoms with Crippen LogP contribution in [0.25, 0.3) is 5.69 Å². The quantitative estimate of drug-likeness (QED) is 0.344. The van der Waals surface area contributed by atoms with Crippen molar-refractivity contribution in [1.29, 1.82) is 0 Å². The van der Waals surface area contributed by atoms with Crippen molar-refractivity contribution in [1.82, 2.24) is 20.0 Å². The molecule has 4 rings (SSSR count). The molecule has 214 valence electrons. The molecule has 1 aromatic heterocycles.